The minimum atomic E-state index is -0.236. The third-order valence-corrected chi connectivity index (χ3v) is 6.62. The molecule has 0 spiro atoms. The zero-order chi connectivity index (χ0) is 22.0. The Morgan fingerprint density at radius 3 is 2.74 bits per heavy atom. The number of amides is 1. The fourth-order valence-electron chi connectivity index (χ4n) is 3.78. The van der Waals surface area contributed by atoms with Crippen LogP contribution in [0, 0.1) is 6.92 Å². The second-order valence-electron chi connectivity index (χ2n) is 7.95. The molecule has 3 aromatic rings. The molecule has 0 atom stereocenters. The molecule has 1 aliphatic rings. The fraction of sp³-hybridized carbons (Fsp3) is 0.409. The van der Waals surface area contributed by atoms with Crippen molar-refractivity contribution in [2.45, 2.75) is 25.8 Å². The van der Waals surface area contributed by atoms with E-state index < -0.39 is 0 Å². The highest BCUT2D eigenvalue weighted by atomic mass is 35.5. The number of thiophene rings is 1. The SMILES string of the molecule is Cc1nc(N2CCC(N(C)C)CC2)nc2ccc(NC(=O)COc3csc(Cl)c3)cc12. The van der Waals surface area contributed by atoms with Crippen LogP contribution in [0.1, 0.15) is 18.5 Å². The quantitative estimate of drug-likeness (QED) is 0.595. The minimum absolute atomic E-state index is 0.0809. The Bertz CT molecular complexity index is 1080. The van der Waals surface area contributed by atoms with Crippen LogP contribution in [0.15, 0.2) is 29.6 Å². The lowest BCUT2D eigenvalue weighted by atomic mass is 10.0. The molecule has 3 heterocycles. The molecule has 0 saturated carbocycles. The van der Waals surface area contributed by atoms with Crippen LogP contribution >= 0.6 is 22.9 Å². The van der Waals surface area contributed by atoms with Crippen LogP contribution in [-0.4, -0.2) is 60.6 Å². The van der Waals surface area contributed by atoms with Gasteiger partial charge in [-0.15, -0.1) is 11.3 Å². The largest absolute Gasteiger partial charge is 0.483 e. The number of nitrogens with one attached hydrogen (secondary N) is 1. The number of hydrogen-bond acceptors (Lipinski definition) is 7. The van der Waals surface area contributed by atoms with Crippen LogP contribution in [-0.2, 0) is 4.79 Å². The molecule has 1 saturated heterocycles. The van der Waals surface area contributed by atoms with Gasteiger partial charge in [0, 0.05) is 41.7 Å². The maximum Gasteiger partial charge on any atom is 0.262 e. The summed E-state index contributed by atoms with van der Waals surface area (Å²) in [5.41, 5.74) is 2.46. The maximum atomic E-state index is 12.2. The Morgan fingerprint density at radius 1 is 1.29 bits per heavy atom. The van der Waals surface area contributed by atoms with E-state index in [1.165, 1.54) is 11.3 Å². The van der Waals surface area contributed by atoms with E-state index in [1.807, 2.05) is 25.1 Å². The van der Waals surface area contributed by atoms with Crippen molar-refractivity contribution in [2.75, 3.05) is 44.0 Å². The summed E-state index contributed by atoms with van der Waals surface area (Å²) in [7, 11) is 4.27. The molecule has 0 bridgehead atoms. The van der Waals surface area contributed by atoms with Gasteiger partial charge in [0.25, 0.3) is 5.91 Å². The molecule has 0 radical (unpaired) electrons. The zero-order valence-electron chi connectivity index (χ0n) is 17.9. The molecule has 1 fully saturated rings. The van der Waals surface area contributed by atoms with E-state index in [2.05, 4.69) is 29.2 Å². The number of aromatic nitrogens is 2. The normalized spacial score (nSPS) is 14.9. The van der Waals surface area contributed by atoms with Crippen LogP contribution < -0.4 is 15.0 Å². The van der Waals surface area contributed by atoms with Crippen LogP contribution in [0.3, 0.4) is 0 Å². The van der Waals surface area contributed by atoms with Crippen molar-refractivity contribution >= 4 is 51.4 Å². The number of aryl methyl sites for hydroxylation is 1. The van der Waals surface area contributed by atoms with E-state index in [1.54, 1.807) is 11.4 Å². The van der Waals surface area contributed by atoms with Gasteiger partial charge in [0.05, 0.1) is 15.5 Å². The highest BCUT2D eigenvalue weighted by molar-refractivity contribution is 7.14. The predicted octanol–water partition coefficient (Wildman–Crippen LogP) is 4.20. The van der Waals surface area contributed by atoms with Gasteiger partial charge in [-0.25, -0.2) is 9.97 Å². The van der Waals surface area contributed by atoms with Crippen LogP contribution in [0.5, 0.6) is 5.75 Å². The number of halogens is 1. The van der Waals surface area contributed by atoms with Gasteiger partial charge < -0.3 is 19.9 Å². The molecule has 1 aliphatic heterocycles. The van der Waals surface area contributed by atoms with Gasteiger partial charge in [0.15, 0.2) is 6.61 Å². The maximum absolute atomic E-state index is 12.2. The molecule has 2 aromatic heterocycles. The van der Waals surface area contributed by atoms with E-state index in [9.17, 15) is 4.79 Å². The first-order valence-electron chi connectivity index (χ1n) is 10.3. The molecular weight excluding hydrogens is 434 g/mol. The molecule has 31 heavy (non-hydrogen) atoms. The van der Waals surface area contributed by atoms with Gasteiger partial charge in [-0.1, -0.05) is 11.6 Å². The van der Waals surface area contributed by atoms with Crippen LogP contribution in [0.2, 0.25) is 4.34 Å². The molecule has 1 aromatic carbocycles. The van der Waals surface area contributed by atoms with E-state index in [4.69, 9.17) is 26.3 Å². The monoisotopic (exact) mass is 459 g/mol. The fourth-order valence-corrected chi connectivity index (χ4v) is 4.57. The first-order valence-corrected chi connectivity index (χ1v) is 11.5. The lowest BCUT2D eigenvalue weighted by Crippen LogP contribution is -2.42. The third kappa shape index (κ3) is 5.26. The lowest BCUT2D eigenvalue weighted by molar-refractivity contribution is -0.118. The van der Waals surface area contributed by atoms with Gasteiger partial charge >= 0.3 is 0 Å². The highest BCUT2D eigenvalue weighted by Crippen LogP contribution is 2.27. The molecule has 1 N–H and O–H groups in total. The topological polar surface area (TPSA) is 70.6 Å². The van der Waals surface area contributed by atoms with E-state index in [-0.39, 0.29) is 12.5 Å². The number of carbonyl (C=O) groups excluding carboxylic acids is 1. The van der Waals surface area contributed by atoms with Gasteiger partial charge in [-0.3, -0.25) is 4.79 Å². The van der Waals surface area contributed by atoms with Gasteiger partial charge in [-0.2, -0.15) is 0 Å². The van der Waals surface area contributed by atoms with Crippen molar-refractivity contribution in [1.82, 2.24) is 14.9 Å². The van der Waals surface area contributed by atoms with Gasteiger partial charge in [0.2, 0.25) is 5.95 Å². The smallest absolute Gasteiger partial charge is 0.262 e. The summed E-state index contributed by atoms with van der Waals surface area (Å²) in [6.07, 6.45) is 2.22. The summed E-state index contributed by atoms with van der Waals surface area (Å²) in [5, 5.41) is 5.56. The second-order valence-corrected chi connectivity index (χ2v) is 9.49. The molecule has 0 aliphatic carbocycles. The Kier molecular flexibility index (Phi) is 6.60. The van der Waals surface area contributed by atoms with Crippen molar-refractivity contribution in [1.29, 1.82) is 0 Å². The van der Waals surface area contributed by atoms with Crippen LogP contribution in [0.25, 0.3) is 10.9 Å². The molecule has 1 amide bonds. The summed E-state index contributed by atoms with van der Waals surface area (Å²) >= 11 is 7.24. The molecule has 4 rings (SSSR count). The zero-order valence-corrected chi connectivity index (χ0v) is 19.5. The number of hydrogen-bond donors (Lipinski definition) is 1. The van der Waals surface area contributed by atoms with Crippen molar-refractivity contribution in [3.8, 4) is 5.75 Å². The predicted molar refractivity (Wildman–Crippen MR) is 127 cm³/mol. The van der Waals surface area contributed by atoms with Crippen molar-refractivity contribution in [2.24, 2.45) is 0 Å². The molecule has 164 valence electrons. The van der Waals surface area contributed by atoms with E-state index >= 15 is 0 Å². The summed E-state index contributed by atoms with van der Waals surface area (Å²) < 4.78 is 6.08. The number of nitrogens with zero attached hydrogens (tertiary/aromatic N) is 4. The van der Waals surface area contributed by atoms with Gasteiger partial charge in [0.1, 0.15) is 5.75 Å². The number of anilines is 2. The number of rotatable bonds is 6. The molecular formula is C22H26ClN5O2S. The Morgan fingerprint density at radius 2 is 2.06 bits per heavy atom. The minimum Gasteiger partial charge on any atom is -0.483 e. The summed E-state index contributed by atoms with van der Waals surface area (Å²) in [4.78, 5) is 26.3. The number of benzene rings is 1. The second kappa shape index (κ2) is 9.38. The van der Waals surface area contributed by atoms with Crippen LogP contribution in [0.4, 0.5) is 11.6 Å². The highest BCUT2D eigenvalue weighted by Gasteiger charge is 2.22. The lowest BCUT2D eigenvalue weighted by Gasteiger charge is -2.35. The average Bonchev–Trinajstić information content (AvgIpc) is 3.18. The van der Waals surface area contributed by atoms with E-state index in [0.717, 1.165) is 48.5 Å². The van der Waals surface area contributed by atoms with Crippen molar-refractivity contribution < 1.29 is 9.53 Å². The molecule has 0 unspecified atom stereocenters. The molecule has 9 heteroatoms. The third-order valence-electron chi connectivity index (χ3n) is 5.55. The van der Waals surface area contributed by atoms with Crippen molar-refractivity contribution in [3.63, 3.8) is 0 Å². The first-order chi connectivity index (χ1) is 14.9. The van der Waals surface area contributed by atoms with Gasteiger partial charge in [-0.05, 0) is 52.1 Å². The summed E-state index contributed by atoms with van der Waals surface area (Å²) in [6, 6.07) is 8.00. The van der Waals surface area contributed by atoms with Crippen molar-refractivity contribution in [3.05, 3.63) is 39.7 Å². The Hall–Kier alpha value is -2.42. The van der Waals surface area contributed by atoms with E-state index in [0.29, 0.717) is 21.8 Å². The first kappa shape index (κ1) is 21.8. The summed E-state index contributed by atoms with van der Waals surface area (Å²) in [5.74, 6) is 1.14. The standard InChI is InChI=1S/C22H26ClN5O2S/c1-14-18-10-15(25-21(29)12-30-17-11-20(23)31-13-17)4-5-19(18)26-22(24-14)28-8-6-16(7-9-28)27(2)3/h4-5,10-11,13,16H,6-9,12H2,1-3H3,(H,25,29). The molecule has 7 nitrogen and oxygen atoms in total. The Labute approximate surface area is 191 Å². The number of fused-ring (bicyclic) bond motifs is 1. The number of piperidine rings is 1. The average molecular weight is 460 g/mol. The number of carbonyl (C=O) groups is 1. The number of ether oxygens (including phenoxy) is 1. The Balaban J connectivity index is 1.42. The summed E-state index contributed by atoms with van der Waals surface area (Å²) in [6.45, 7) is 3.81.